The number of aliphatic hydroxyl groups is 1. The summed E-state index contributed by atoms with van der Waals surface area (Å²) < 4.78 is 9.09. The topological polar surface area (TPSA) is 67.3 Å². The highest BCUT2D eigenvalue weighted by Crippen LogP contribution is 2.17. The Morgan fingerprint density at radius 1 is 1.47 bits per heavy atom. The number of benzene rings is 1. The number of hydrogen-bond acceptors (Lipinski definition) is 6. The molecule has 2 N–H and O–H groups in total. The molecule has 5 nitrogen and oxygen atoms in total. The summed E-state index contributed by atoms with van der Waals surface area (Å²) in [5.74, 6) is 0.653. The minimum absolute atomic E-state index is 0.401. The van der Waals surface area contributed by atoms with E-state index < -0.39 is 6.10 Å². The van der Waals surface area contributed by atoms with Crippen molar-refractivity contribution in [2.24, 2.45) is 0 Å². The molecule has 1 aromatic carbocycles. The smallest absolute Gasteiger partial charge is 0.202 e. The lowest BCUT2D eigenvalue weighted by Gasteiger charge is -2.11. The van der Waals surface area contributed by atoms with E-state index >= 15 is 0 Å². The van der Waals surface area contributed by atoms with Gasteiger partial charge in [0.25, 0.3) is 0 Å². The highest BCUT2D eigenvalue weighted by molar-refractivity contribution is 7.09. The van der Waals surface area contributed by atoms with Crippen molar-refractivity contribution in [3.05, 3.63) is 41.2 Å². The normalized spacial score (nSPS) is 12.4. The van der Waals surface area contributed by atoms with Crippen molar-refractivity contribution in [3.8, 4) is 0 Å². The van der Waals surface area contributed by atoms with Crippen molar-refractivity contribution in [3.63, 3.8) is 0 Å². The van der Waals surface area contributed by atoms with Crippen LogP contribution in [0, 0.1) is 6.92 Å². The van der Waals surface area contributed by atoms with Gasteiger partial charge in [-0.2, -0.15) is 4.37 Å². The van der Waals surface area contributed by atoms with Crippen LogP contribution in [-0.2, 0) is 11.3 Å². The van der Waals surface area contributed by atoms with Crippen LogP contribution in [-0.4, -0.2) is 28.1 Å². The summed E-state index contributed by atoms with van der Waals surface area (Å²) in [7, 11) is 1.61. The monoisotopic (exact) mass is 279 g/mol. The van der Waals surface area contributed by atoms with Gasteiger partial charge in [-0.1, -0.05) is 29.8 Å². The van der Waals surface area contributed by atoms with Gasteiger partial charge in [0.2, 0.25) is 5.13 Å². The van der Waals surface area contributed by atoms with Gasteiger partial charge in [-0.15, -0.1) is 0 Å². The molecule has 1 unspecified atom stereocenters. The van der Waals surface area contributed by atoms with Gasteiger partial charge in [0.05, 0.1) is 6.10 Å². The maximum absolute atomic E-state index is 10.1. The van der Waals surface area contributed by atoms with E-state index in [0.717, 1.165) is 11.1 Å². The zero-order valence-electron chi connectivity index (χ0n) is 11.0. The second kappa shape index (κ2) is 6.60. The first-order valence-electron chi connectivity index (χ1n) is 5.99. The van der Waals surface area contributed by atoms with E-state index in [0.29, 0.717) is 24.1 Å². The first-order chi connectivity index (χ1) is 9.19. The van der Waals surface area contributed by atoms with E-state index in [9.17, 15) is 5.11 Å². The molecular weight excluding hydrogens is 262 g/mol. The fourth-order valence-corrected chi connectivity index (χ4v) is 2.27. The Morgan fingerprint density at radius 2 is 2.32 bits per heavy atom. The van der Waals surface area contributed by atoms with Crippen LogP contribution in [0.15, 0.2) is 24.3 Å². The van der Waals surface area contributed by atoms with Crippen LogP contribution >= 0.6 is 11.5 Å². The standard InChI is InChI=1S/C13H17N3O2S/c1-9-4-3-5-10(6-9)11(17)7-14-13-15-12(8-18-2)16-19-13/h3-6,11,17H,7-8H2,1-2H3,(H,14,15,16). The van der Waals surface area contributed by atoms with E-state index in [2.05, 4.69) is 14.7 Å². The molecule has 0 spiro atoms. The third-order valence-corrected chi connectivity index (χ3v) is 3.33. The molecule has 0 amide bonds. The number of aromatic nitrogens is 2. The second-order valence-corrected chi connectivity index (χ2v) is 5.01. The maximum atomic E-state index is 10.1. The molecule has 19 heavy (non-hydrogen) atoms. The lowest BCUT2D eigenvalue weighted by atomic mass is 10.1. The molecule has 1 atom stereocenters. The van der Waals surface area contributed by atoms with Gasteiger partial charge >= 0.3 is 0 Å². The molecule has 0 aliphatic heterocycles. The summed E-state index contributed by atoms with van der Waals surface area (Å²) in [6, 6.07) is 7.83. The summed E-state index contributed by atoms with van der Waals surface area (Å²) in [6.45, 7) is 2.81. The van der Waals surface area contributed by atoms with Crippen LogP contribution in [0.1, 0.15) is 23.1 Å². The number of hydrogen-bond donors (Lipinski definition) is 2. The van der Waals surface area contributed by atoms with Crippen LogP contribution < -0.4 is 5.32 Å². The molecule has 0 bridgehead atoms. The van der Waals surface area contributed by atoms with Crippen LogP contribution in [0.2, 0.25) is 0 Å². The fraction of sp³-hybridized carbons (Fsp3) is 0.385. The van der Waals surface area contributed by atoms with Gasteiger partial charge in [0.1, 0.15) is 6.61 Å². The molecule has 2 rings (SSSR count). The predicted molar refractivity (Wildman–Crippen MR) is 75.3 cm³/mol. The summed E-state index contributed by atoms with van der Waals surface area (Å²) >= 11 is 1.27. The van der Waals surface area contributed by atoms with Gasteiger partial charge in [0, 0.05) is 25.2 Å². The Bertz CT molecular complexity index is 530. The van der Waals surface area contributed by atoms with Crippen LogP contribution in [0.25, 0.3) is 0 Å². The number of anilines is 1. The van der Waals surface area contributed by atoms with Crippen molar-refractivity contribution in [2.75, 3.05) is 19.0 Å². The van der Waals surface area contributed by atoms with Crippen LogP contribution in [0.5, 0.6) is 0 Å². The number of ether oxygens (including phenoxy) is 1. The van der Waals surface area contributed by atoms with Gasteiger partial charge in [-0.3, -0.25) is 0 Å². The van der Waals surface area contributed by atoms with Gasteiger partial charge < -0.3 is 15.2 Å². The Morgan fingerprint density at radius 3 is 3.05 bits per heavy atom. The van der Waals surface area contributed by atoms with E-state index in [4.69, 9.17) is 4.74 Å². The van der Waals surface area contributed by atoms with Crippen molar-refractivity contribution < 1.29 is 9.84 Å². The van der Waals surface area contributed by atoms with E-state index in [1.54, 1.807) is 7.11 Å². The highest BCUT2D eigenvalue weighted by atomic mass is 32.1. The molecule has 6 heteroatoms. The first kappa shape index (κ1) is 13.9. The number of rotatable bonds is 6. The molecule has 1 heterocycles. The number of aliphatic hydroxyl groups excluding tert-OH is 1. The quantitative estimate of drug-likeness (QED) is 0.848. The van der Waals surface area contributed by atoms with Gasteiger partial charge in [-0.05, 0) is 12.5 Å². The van der Waals surface area contributed by atoms with Crippen molar-refractivity contribution in [1.82, 2.24) is 9.36 Å². The summed E-state index contributed by atoms with van der Waals surface area (Å²) in [6.07, 6.45) is -0.560. The maximum Gasteiger partial charge on any atom is 0.202 e. The van der Waals surface area contributed by atoms with Crippen molar-refractivity contribution in [1.29, 1.82) is 0 Å². The molecule has 0 aliphatic carbocycles. The molecule has 0 aliphatic rings. The lowest BCUT2D eigenvalue weighted by molar-refractivity contribution is 0.179. The summed E-state index contributed by atoms with van der Waals surface area (Å²) in [4.78, 5) is 4.24. The number of nitrogens with one attached hydrogen (secondary N) is 1. The fourth-order valence-electron chi connectivity index (χ4n) is 1.69. The Kier molecular flexibility index (Phi) is 4.84. The number of aryl methyl sites for hydroxylation is 1. The van der Waals surface area contributed by atoms with E-state index in [-0.39, 0.29) is 0 Å². The largest absolute Gasteiger partial charge is 0.387 e. The van der Waals surface area contributed by atoms with Crippen molar-refractivity contribution >= 4 is 16.7 Å². The predicted octanol–water partition coefficient (Wildman–Crippen LogP) is 2.14. The molecule has 0 radical (unpaired) electrons. The number of nitrogens with zero attached hydrogens (tertiary/aromatic N) is 2. The number of methoxy groups -OCH3 is 1. The lowest BCUT2D eigenvalue weighted by Crippen LogP contribution is -2.12. The average molecular weight is 279 g/mol. The van der Waals surface area contributed by atoms with Crippen molar-refractivity contribution in [2.45, 2.75) is 19.6 Å². The molecule has 0 saturated carbocycles. The molecule has 1 aromatic heterocycles. The van der Waals surface area contributed by atoms with Crippen LogP contribution in [0.4, 0.5) is 5.13 Å². The zero-order chi connectivity index (χ0) is 13.7. The van der Waals surface area contributed by atoms with Gasteiger partial charge in [0.15, 0.2) is 5.82 Å². The third kappa shape index (κ3) is 3.99. The summed E-state index contributed by atoms with van der Waals surface area (Å²) in [5.41, 5.74) is 2.03. The second-order valence-electron chi connectivity index (χ2n) is 4.26. The summed E-state index contributed by atoms with van der Waals surface area (Å²) in [5, 5.41) is 13.9. The minimum atomic E-state index is -0.560. The Balaban J connectivity index is 1.90. The molecule has 0 saturated heterocycles. The molecule has 0 fully saturated rings. The molecular formula is C13H17N3O2S. The average Bonchev–Trinajstić information content (AvgIpc) is 2.84. The van der Waals surface area contributed by atoms with Crippen LogP contribution in [0.3, 0.4) is 0 Å². The minimum Gasteiger partial charge on any atom is -0.387 e. The SMILES string of the molecule is COCc1nsc(NCC(O)c2cccc(C)c2)n1. The first-order valence-corrected chi connectivity index (χ1v) is 6.76. The molecule has 2 aromatic rings. The third-order valence-electron chi connectivity index (χ3n) is 2.62. The molecule has 102 valence electrons. The van der Waals surface area contributed by atoms with E-state index in [1.807, 2.05) is 31.2 Å². The Hall–Kier alpha value is -1.50. The van der Waals surface area contributed by atoms with Gasteiger partial charge in [-0.25, -0.2) is 4.98 Å². The zero-order valence-corrected chi connectivity index (χ0v) is 11.8. The van der Waals surface area contributed by atoms with E-state index in [1.165, 1.54) is 11.5 Å². The highest BCUT2D eigenvalue weighted by Gasteiger charge is 2.09. The Labute approximate surface area is 116 Å².